The van der Waals surface area contributed by atoms with Gasteiger partial charge < -0.3 is 10.2 Å². The number of benzene rings is 2. The van der Waals surface area contributed by atoms with Crippen LogP contribution in [0.25, 0.3) is 0 Å². The van der Waals surface area contributed by atoms with Gasteiger partial charge >= 0.3 is 0 Å². The van der Waals surface area contributed by atoms with E-state index in [0.717, 1.165) is 11.3 Å². The predicted octanol–water partition coefficient (Wildman–Crippen LogP) is 4.76. The average molecular weight is 374 g/mol. The third-order valence-electron chi connectivity index (χ3n) is 4.74. The van der Waals surface area contributed by atoms with Gasteiger partial charge in [0.25, 0.3) is 5.91 Å². The zero-order chi connectivity index (χ0) is 20.1. The zero-order valence-corrected chi connectivity index (χ0v) is 16.8. The maximum atomic E-state index is 12.5. The molecule has 0 aliphatic heterocycles. The lowest BCUT2D eigenvalue weighted by Gasteiger charge is -2.26. The Bertz CT molecular complexity index is 937. The monoisotopic (exact) mass is 374 g/mol. The lowest BCUT2D eigenvalue weighted by Crippen LogP contribution is -2.31. The largest absolute Gasteiger partial charge is 0.334 e. The molecule has 0 atom stereocenters. The van der Waals surface area contributed by atoms with Gasteiger partial charge in [0.1, 0.15) is 0 Å². The molecule has 144 valence electrons. The number of carbonyl (C=O) groups excluding carboxylic acids is 1. The Kier molecular flexibility index (Phi) is 6.04. The topological polar surface area (TPSA) is 58.1 Å². The van der Waals surface area contributed by atoms with Crippen LogP contribution in [0, 0.1) is 13.8 Å². The normalized spacial score (nSPS) is 10.8. The van der Waals surface area contributed by atoms with Gasteiger partial charge in [-0.2, -0.15) is 0 Å². The summed E-state index contributed by atoms with van der Waals surface area (Å²) in [6, 6.07) is 16.3. The number of nitrogens with zero attached hydrogens (tertiary/aromatic N) is 3. The van der Waals surface area contributed by atoms with Crippen LogP contribution in [0.4, 0.5) is 11.6 Å². The molecule has 1 N–H and O–H groups in total. The van der Waals surface area contributed by atoms with Crippen LogP contribution in [0.2, 0.25) is 0 Å². The summed E-state index contributed by atoms with van der Waals surface area (Å²) in [6.45, 7) is 8.99. The lowest BCUT2D eigenvalue weighted by atomic mass is 10.1. The van der Waals surface area contributed by atoms with E-state index >= 15 is 0 Å². The van der Waals surface area contributed by atoms with Crippen LogP contribution >= 0.6 is 0 Å². The quantitative estimate of drug-likeness (QED) is 0.676. The van der Waals surface area contributed by atoms with Crippen LogP contribution in [0.5, 0.6) is 0 Å². The van der Waals surface area contributed by atoms with Gasteiger partial charge in [-0.3, -0.25) is 4.79 Å². The van der Waals surface area contributed by atoms with E-state index in [2.05, 4.69) is 46.2 Å². The Labute approximate surface area is 166 Å². The fourth-order valence-corrected chi connectivity index (χ4v) is 2.87. The van der Waals surface area contributed by atoms with E-state index in [4.69, 9.17) is 0 Å². The minimum absolute atomic E-state index is 0.214. The molecule has 28 heavy (non-hydrogen) atoms. The van der Waals surface area contributed by atoms with Crippen LogP contribution in [-0.2, 0) is 6.54 Å². The second-order valence-corrected chi connectivity index (χ2v) is 7.23. The summed E-state index contributed by atoms with van der Waals surface area (Å²) in [5.41, 5.74) is 4.72. The maximum absolute atomic E-state index is 12.5. The van der Waals surface area contributed by atoms with Crippen molar-refractivity contribution in [3.63, 3.8) is 0 Å². The molecule has 0 aliphatic carbocycles. The molecule has 1 heterocycles. The SMILES string of the molecule is Cc1ccc(NC(=O)c2cnc(N(Cc3ccccc3)C(C)C)nc2)cc1C. The summed E-state index contributed by atoms with van der Waals surface area (Å²) < 4.78 is 0. The summed E-state index contributed by atoms with van der Waals surface area (Å²) >= 11 is 0. The molecule has 5 nitrogen and oxygen atoms in total. The van der Waals surface area contributed by atoms with Crippen molar-refractivity contribution in [3.05, 3.63) is 83.2 Å². The van der Waals surface area contributed by atoms with Crippen molar-refractivity contribution in [2.24, 2.45) is 0 Å². The molecule has 0 saturated carbocycles. The number of carbonyl (C=O) groups is 1. The Morgan fingerprint density at radius 2 is 1.68 bits per heavy atom. The van der Waals surface area contributed by atoms with Gasteiger partial charge in [0.05, 0.1) is 5.56 Å². The van der Waals surface area contributed by atoms with Crippen molar-refractivity contribution >= 4 is 17.5 Å². The minimum atomic E-state index is -0.214. The van der Waals surface area contributed by atoms with Crippen LogP contribution in [0.1, 0.15) is 40.9 Å². The van der Waals surface area contributed by atoms with E-state index < -0.39 is 0 Å². The molecule has 0 saturated heterocycles. The molecule has 0 unspecified atom stereocenters. The van der Waals surface area contributed by atoms with Gasteiger partial charge in [-0.15, -0.1) is 0 Å². The number of hydrogen-bond donors (Lipinski definition) is 1. The molecule has 2 aromatic carbocycles. The molecule has 0 spiro atoms. The molecule has 1 amide bonds. The molecule has 0 radical (unpaired) electrons. The smallest absolute Gasteiger partial charge is 0.258 e. The molecule has 0 fully saturated rings. The van der Waals surface area contributed by atoms with E-state index in [1.165, 1.54) is 11.1 Å². The number of aryl methyl sites for hydroxylation is 2. The molecule has 0 bridgehead atoms. The molecule has 0 aliphatic rings. The van der Waals surface area contributed by atoms with Gasteiger partial charge in [0, 0.05) is 30.7 Å². The third-order valence-corrected chi connectivity index (χ3v) is 4.74. The number of rotatable bonds is 6. The van der Waals surface area contributed by atoms with E-state index in [0.29, 0.717) is 18.1 Å². The van der Waals surface area contributed by atoms with Gasteiger partial charge in [-0.05, 0) is 56.5 Å². The van der Waals surface area contributed by atoms with Gasteiger partial charge in [0.15, 0.2) is 0 Å². The standard InChI is InChI=1S/C23H26N4O/c1-16(2)27(15-19-8-6-5-7-9-19)23-24-13-20(14-25-23)22(28)26-21-11-10-17(3)18(4)12-21/h5-14,16H,15H2,1-4H3,(H,26,28). The lowest BCUT2D eigenvalue weighted by molar-refractivity contribution is 0.102. The third kappa shape index (κ3) is 4.74. The predicted molar refractivity (Wildman–Crippen MR) is 114 cm³/mol. The van der Waals surface area contributed by atoms with Crippen molar-refractivity contribution in [2.45, 2.75) is 40.3 Å². The Morgan fingerprint density at radius 1 is 1.00 bits per heavy atom. The summed E-state index contributed by atoms with van der Waals surface area (Å²) in [5, 5.41) is 2.91. The zero-order valence-electron chi connectivity index (χ0n) is 16.8. The minimum Gasteiger partial charge on any atom is -0.334 e. The van der Waals surface area contributed by atoms with Crippen molar-refractivity contribution in [1.29, 1.82) is 0 Å². The Hall–Kier alpha value is -3.21. The Balaban J connectivity index is 1.73. The fraction of sp³-hybridized carbons (Fsp3) is 0.261. The van der Waals surface area contributed by atoms with Crippen LogP contribution in [0.3, 0.4) is 0 Å². The average Bonchev–Trinajstić information content (AvgIpc) is 2.69. The highest BCUT2D eigenvalue weighted by Gasteiger charge is 2.15. The van der Waals surface area contributed by atoms with Crippen molar-refractivity contribution < 1.29 is 4.79 Å². The van der Waals surface area contributed by atoms with Gasteiger partial charge in [-0.1, -0.05) is 36.4 Å². The summed E-state index contributed by atoms with van der Waals surface area (Å²) in [4.78, 5) is 23.5. The molecular formula is C23H26N4O. The van der Waals surface area contributed by atoms with E-state index in [9.17, 15) is 4.79 Å². The first-order chi connectivity index (χ1) is 13.4. The van der Waals surface area contributed by atoms with Crippen molar-refractivity contribution in [1.82, 2.24) is 9.97 Å². The molecule has 3 rings (SSSR count). The number of hydrogen-bond acceptors (Lipinski definition) is 4. The number of amides is 1. The summed E-state index contributed by atoms with van der Waals surface area (Å²) in [7, 11) is 0. The van der Waals surface area contributed by atoms with Crippen molar-refractivity contribution in [2.75, 3.05) is 10.2 Å². The van der Waals surface area contributed by atoms with Crippen molar-refractivity contribution in [3.8, 4) is 0 Å². The van der Waals surface area contributed by atoms with Crippen LogP contribution in [0.15, 0.2) is 60.9 Å². The molecule has 3 aromatic rings. The number of anilines is 2. The molecule has 1 aromatic heterocycles. The molecular weight excluding hydrogens is 348 g/mol. The fourth-order valence-electron chi connectivity index (χ4n) is 2.87. The summed E-state index contributed by atoms with van der Waals surface area (Å²) in [6.07, 6.45) is 3.16. The second kappa shape index (κ2) is 8.65. The Morgan fingerprint density at radius 3 is 2.29 bits per heavy atom. The van der Waals surface area contributed by atoms with E-state index in [1.807, 2.05) is 50.2 Å². The van der Waals surface area contributed by atoms with Gasteiger partial charge in [-0.25, -0.2) is 9.97 Å². The second-order valence-electron chi connectivity index (χ2n) is 7.23. The first-order valence-corrected chi connectivity index (χ1v) is 9.45. The molecule has 5 heteroatoms. The highest BCUT2D eigenvalue weighted by Crippen LogP contribution is 2.17. The highest BCUT2D eigenvalue weighted by molar-refractivity contribution is 6.03. The van der Waals surface area contributed by atoms with Gasteiger partial charge in [0.2, 0.25) is 5.95 Å². The first-order valence-electron chi connectivity index (χ1n) is 9.45. The summed E-state index contributed by atoms with van der Waals surface area (Å²) in [5.74, 6) is 0.399. The number of nitrogens with one attached hydrogen (secondary N) is 1. The van der Waals surface area contributed by atoms with E-state index in [-0.39, 0.29) is 11.9 Å². The van der Waals surface area contributed by atoms with Crippen LogP contribution < -0.4 is 10.2 Å². The van der Waals surface area contributed by atoms with E-state index in [1.54, 1.807) is 12.4 Å². The highest BCUT2D eigenvalue weighted by atomic mass is 16.1. The first kappa shape index (κ1) is 19.5. The van der Waals surface area contributed by atoms with Crippen LogP contribution in [-0.4, -0.2) is 21.9 Å². The number of aromatic nitrogens is 2. The maximum Gasteiger partial charge on any atom is 0.258 e.